The first-order valence-corrected chi connectivity index (χ1v) is 11.5. The minimum absolute atomic E-state index is 0. The molecule has 1 aliphatic rings. The van der Waals surface area contributed by atoms with Crippen LogP contribution in [0.15, 0.2) is 28.7 Å². The monoisotopic (exact) mass is 562 g/mol. The number of hydrogen-bond donors (Lipinski definition) is 2. The van der Waals surface area contributed by atoms with E-state index in [9.17, 15) is 0 Å². The first-order valence-electron chi connectivity index (χ1n) is 10.2. The molecule has 2 N–H and O–H groups in total. The molecular formula is C21H32ClIN6S. The number of halogens is 2. The molecule has 0 aliphatic carbocycles. The molecule has 1 unspecified atom stereocenters. The SMILES string of the molecule is CCNC(=NCCc1nc(C(C)(C)C)cs1)NC1CCN(c2ncccc2Cl)C1.I. The van der Waals surface area contributed by atoms with Gasteiger partial charge in [-0.2, -0.15) is 0 Å². The smallest absolute Gasteiger partial charge is 0.191 e. The Balaban J connectivity index is 0.00000320. The Morgan fingerprint density at radius 1 is 1.40 bits per heavy atom. The van der Waals surface area contributed by atoms with E-state index in [1.807, 2.05) is 12.1 Å². The van der Waals surface area contributed by atoms with E-state index < -0.39 is 0 Å². The Labute approximate surface area is 206 Å². The van der Waals surface area contributed by atoms with Crippen LogP contribution in [0.25, 0.3) is 0 Å². The van der Waals surface area contributed by atoms with Crippen LogP contribution in [0.4, 0.5) is 5.82 Å². The number of aromatic nitrogens is 2. The summed E-state index contributed by atoms with van der Waals surface area (Å²) in [5, 5.41) is 10.9. The van der Waals surface area contributed by atoms with Crippen LogP contribution in [-0.2, 0) is 11.8 Å². The molecule has 0 saturated carbocycles. The predicted octanol–water partition coefficient (Wildman–Crippen LogP) is 4.48. The van der Waals surface area contributed by atoms with Crippen molar-refractivity contribution in [1.29, 1.82) is 0 Å². The third-order valence-corrected chi connectivity index (χ3v) is 6.03. The Morgan fingerprint density at radius 3 is 2.87 bits per heavy atom. The number of nitrogens with zero attached hydrogens (tertiary/aromatic N) is 4. The van der Waals surface area contributed by atoms with Gasteiger partial charge in [0.2, 0.25) is 0 Å². The van der Waals surface area contributed by atoms with Gasteiger partial charge in [-0.25, -0.2) is 9.97 Å². The lowest BCUT2D eigenvalue weighted by molar-refractivity contribution is 0.571. The number of anilines is 1. The highest BCUT2D eigenvalue weighted by atomic mass is 127. The third kappa shape index (κ3) is 6.95. The van der Waals surface area contributed by atoms with Crippen LogP contribution in [0.3, 0.4) is 0 Å². The summed E-state index contributed by atoms with van der Waals surface area (Å²) >= 11 is 8.02. The fraction of sp³-hybridized carbons (Fsp3) is 0.571. The van der Waals surface area contributed by atoms with Crippen molar-refractivity contribution in [2.75, 3.05) is 31.1 Å². The summed E-state index contributed by atoms with van der Waals surface area (Å²) in [6.07, 6.45) is 3.67. The van der Waals surface area contributed by atoms with E-state index in [1.165, 1.54) is 0 Å². The summed E-state index contributed by atoms with van der Waals surface area (Å²) in [6, 6.07) is 4.07. The van der Waals surface area contributed by atoms with Gasteiger partial charge in [-0.1, -0.05) is 32.4 Å². The standard InChI is InChI=1S/C21H31ClN6S.HI/c1-5-23-20(25-11-8-18-27-17(14-29-18)21(2,3)4)26-15-9-12-28(13-15)19-16(22)7-6-10-24-19;/h6-7,10,14-15H,5,8-9,11-13H2,1-4H3,(H2,23,25,26);1H. The molecule has 1 fully saturated rings. The zero-order valence-electron chi connectivity index (χ0n) is 18.1. The van der Waals surface area contributed by atoms with Crippen LogP contribution < -0.4 is 15.5 Å². The molecule has 0 amide bonds. The molecule has 1 aliphatic heterocycles. The first-order chi connectivity index (χ1) is 13.9. The van der Waals surface area contributed by atoms with Crippen LogP contribution in [0.2, 0.25) is 5.02 Å². The second kappa shape index (κ2) is 11.5. The number of hydrogen-bond acceptors (Lipinski definition) is 5. The maximum Gasteiger partial charge on any atom is 0.191 e. The second-order valence-corrected chi connectivity index (χ2v) is 9.62. The molecule has 9 heteroatoms. The van der Waals surface area contributed by atoms with Crippen LogP contribution in [0.1, 0.15) is 44.8 Å². The van der Waals surface area contributed by atoms with Crippen LogP contribution >= 0.6 is 46.9 Å². The molecule has 1 saturated heterocycles. The van der Waals surface area contributed by atoms with E-state index in [1.54, 1.807) is 17.5 Å². The summed E-state index contributed by atoms with van der Waals surface area (Å²) in [5.41, 5.74) is 1.25. The summed E-state index contributed by atoms with van der Waals surface area (Å²) in [4.78, 5) is 16.2. The van der Waals surface area contributed by atoms with Crippen molar-refractivity contribution in [2.24, 2.45) is 4.99 Å². The molecule has 3 heterocycles. The van der Waals surface area contributed by atoms with Gasteiger partial charge in [-0.3, -0.25) is 4.99 Å². The molecule has 0 aromatic carbocycles. The van der Waals surface area contributed by atoms with E-state index in [0.29, 0.717) is 11.1 Å². The van der Waals surface area contributed by atoms with E-state index in [0.717, 1.165) is 61.5 Å². The quantitative estimate of drug-likeness (QED) is 0.309. The number of rotatable bonds is 6. The number of nitrogens with one attached hydrogen (secondary N) is 2. The van der Waals surface area contributed by atoms with Gasteiger partial charge in [0.1, 0.15) is 5.82 Å². The fourth-order valence-electron chi connectivity index (χ4n) is 3.23. The molecular weight excluding hydrogens is 531 g/mol. The summed E-state index contributed by atoms with van der Waals surface area (Å²) in [5.74, 6) is 1.72. The van der Waals surface area contributed by atoms with E-state index in [-0.39, 0.29) is 29.4 Å². The van der Waals surface area contributed by atoms with Crippen molar-refractivity contribution in [2.45, 2.75) is 52.0 Å². The molecule has 0 bridgehead atoms. The van der Waals surface area contributed by atoms with Crippen molar-refractivity contribution in [3.05, 3.63) is 39.4 Å². The van der Waals surface area contributed by atoms with Crippen molar-refractivity contribution >= 4 is 58.7 Å². The van der Waals surface area contributed by atoms with Crippen LogP contribution in [0, 0.1) is 0 Å². The van der Waals surface area contributed by atoms with E-state index >= 15 is 0 Å². The summed E-state index contributed by atoms with van der Waals surface area (Å²) in [7, 11) is 0. The Hall–Kier alpha value is -1.13. The van der Waals surface area contributed by atoms with E-state index in [4.69, 9.17) is 21.6 Å². The average Bonchev–Trinajstić information content (AvgIpc) is 3.32. The van der Waals surface area contributed by atoms with E-state index in [2.05, 4.69) is 53.6 Å². The van der Waals surface area contributed by atoms with Gasteiger partial charge in [0, 0.05) is 55.6 Å². The molecule has 30 heavy (non-hydrogen) atoms. The van der Waals surface area contributed by atoms with Gasteiger partial charge in [0.05, 0.1) is 15.7 Å². The Kier molecular flexibility index (Phi) is 9.62. The van der Waals surface area contributed by atoms with Crippen molar-refractivity contribution in [1.82, 2.24) is 20.6 Å². The molecule has 0 spiro atoms. The molecule has 2 aromatic rings. The molecule has 166 valence electrons. The molecule has 1 atom stereocenters. The number of thiazole rings is 1. The lowest BCUT2D eigenvalue weighted by Crippen LogP contribution is -2.44. The van der Waals surface area contributed by atoms with Gasteiger partial charge < -0.3 is 15.5 Å². The maximum absolute atomic E-state index is 6.30. The number of aliphatic imine (C=N–C) groups is 1. The normalized spacial score (nSPS) is 17.0. The minimum atomic E-state index is 0. The summed E-state index contributed by atoms with van der Waals surface area (Å²) < 4.78 is 0. The first kappa shape index (κ1) is 25.1. The van der Waals surface area contributed by atoms with Gasteiger partial charge in [0.25, 0.3) is 0 Å². The Morgan fingerprint density at radius 2 is 2.20 bits per heavy atom. The highest BCUT2D eigenvalue weighted by molar-refractivity contribution is 14.0. The molecule has 2 aromatic heterocycles. The number of guanidine groups is 1. The topological polar surface area (TPSA) is 65.4 Å². The second-order valence-electron chi connectivity index (χ2n) is 8.27. The summed E-state index contributed by atoms with van der Waals surface area (Å²) in [6.45, 7) is 12.0. The molecule has 3 rings (SSSR count). The molecule has 0 radical (unpaired) electrons. The van der Waals surface area contributed by atoms with Gasteiger partial charge in [0.15, 0.2) is 5.96 Å². The van der Waals surface area contributed by atoms with Gasteiger partial charge >= 0.3 is 0 Å². The predicted molar refractivity (Wildman–Crippen MR) is 139 cm³/mol. The zero-order chi connectivity index (χ0) is 20.9. The Bertz CT molecular complexity index is 835. The van der Waals surface area contributed by atoms with Gasteiger partial charge in [-0.15, -0.1) is 35.3 Å². The van der Waals surface area contributed by atoms with Crippen molar-refractivity contribution in [3.63, 3.8) is 0 Å². The average molecular weight is 563 g/mol. The van der Waals surface area contributed by atoms with Crippen molar-refractivity contribution < 1.29 is 0 Å². The minimum Gasteiger partial charge on any atom is -0.357 e. The highest BCUT2D eigenvalue weighted by Crippen LogP contribution is 2.26. The number of pyridine rings is 1. The fourth-order valence-corrected chi connectivity index (χ4v) is 4.48. The van der Waals surface area contributed by atoms with Crippen LogP contribution in [-0.4, -0.2) is 48.1 Å². The van der Waals surface area contributed by atoms with Crippen molar-refractivity contribution in [3.8, 4) is 0 Å². The van der Waals surface area contributed by atoms with Gasteiger partial charge in [-0.05, 0) is 25.5 Å². The lowest BCUT2D eigenvalue weighted by atomic mass is 9.93. The lowest BCUT2D eigenvalue weighted by Gasteiger charge is -2.20. The largest absolute Gasteiger partial charge is 0.357 e. The third-order valence-electron chi connectivity index (χ3n) is 4.83. The highest BCUT2D eigenvalue weighted by Gasteiger charge is 2.25. The van der Waals surface area contributed by atoms with Crippen LogP contribution in [0.5, 0.6) is 0 Å². The maximum atomic E-state index is 6.30. The zero-order valence-corrected chi connectivity index (χ0v) is 22.0. The molecule has 6 nitrogen and oxygen atoms in total.